The second kappa shape index (κ2) is 7.74. The van der Waals surface area contributed by atoms with Crippen molar-refractivity contribution in [2.24, 2.45) is 0 Å². The van der Waals surface area contributed by atoms with Gasteiger partial charge in [-0.25, -0.2) is 17.6 Å². The van der Waals surface area contributed by atoms with Crippen molar-refractivity contribution in [2.45, 2.75) is 19.4 Å². The minimum Gasteiger partial charge on any atom is -0.496 e. The number of rotatable bonds is 7. The van der Waals surface area contributed by atoms with E-state index in [0.717, 1.165) is 28.3 Å². The van der Waals surface area contributed by atoms with E-state index in [-0.39, 0.29) is 12.1 Å². The molecule has 26 heavy (non-hydrogen) atoms. The van der Waals surface area contributed by atoms with E-state index in [0.29, 0.717) is 11.3 Å². The Hall–Kier alpha value is -2.61. The number of ether oxygens (including phenoxy) is 1. The first-order valence-corrected chi connectivity index (χ1v) is 9.59. The van der Waals surface area contributed by atoms with E-state index in [2.05, 4.69) is 0 Å². The Morgan fingerprint density at radius 2 is 1.85 bits per heavy atom. The minimum absolute atomic E-state index is 0.0768. The lowest BCUT2D eigenvalue weighted by atomic mass is 10.0. The maximum atomic E-state index is 13.2. The second-order valence-electron chi connectivity index (χ2n) is 5.91. The summed E-state index contributed by atoms with van der Waals surface area (Å²) in [5.41, 5.74) is 1.53. The van der Waals surface area contributed by atoms with Crippen molar-refractivity contribution >= 4 is 21.7 Å². The highest BCUT2D eigenvalue weighted by atomic mass is 32.2. The van der Waals surface area contributed by atoms with Gasteiger partial charge in [0.25, 0.3) is 0 Å². The van der Waals surface area contributed by atoms with Crippen LogP contribution in [0, 0.1) is 12.7 Å². The number of nitrogens with zero attached hydrogens (tertiary/aromatic N) is 1. The van der Waals surface area contributed by atoms with Crippen molar-refractivity contribution in [3.8, 4) is 5.75 Å². The molecule has 140 valence electrons. The number of benzene rings is 2. The molecule has 0 bridgehead atoms. The SMILES string of the molecule is COc1ccc(C)cc1C[C@@H](C(=O)O)N(c1ccc(F)cc1)S(C)(=O)=O. The Balaban J connectivity index is 2.53. The van der Waals surface area contributed by atoms with E-state index >= 15 is 0 Å². The monoisotopic (exact) mass is 381 g/mol. The molecular formula is C18H20FNO5S. The molecule has 0 unspecified atom stereocenters. The van der Waals surface area contributed by atoms with E-state index in [9.17, 15) is 22.7 Å². The smallest absolute Gasteiger partial charge is 0.327 e. The minimum atomic E-state index is -3.94. The Morgan fingerprint density at radius 3 is 2.35 bits per heavy atom. The summed E-state index contributed by atoms with van der Waals surface area (Å²) >= 11 is 0. The first-order chi connectivity index (χ1) is 12.1. The number of hydrogen-bond acceptors (Lipinski definition) is 4. The highest BCUT2D eigenvalue weighted by molar-refractivity contribution is 7.92. The van der Waals surface area contributed by atoms with Gasteiger partial charge in [0, 0.05) is 6.42 Å². The van der Waals surface area contributed by atoms with Gasteiger partial charge < -0.3 is 9.84 Å². The van der Waals surface area contributed by atoms with Gasteiger partial charge in [-0.3, -0.25) is 4.31 Å². The summed E-state index contributed by atoms with van der Waals surface area (Å²) in [6, 6.07) is 8.49. The Morgan fingerprint density at radius 1 is 1.23 bits per heavy atom. The number of aryl methyl sites for hydroxylation is 1. The van der Waals surface area contributed by atoms with Crippen LogP contribution in [0.2, 0.25) is 0 Å². The van der Waals surface area contributed by atoms with Crippen LogP contribution in [0.5, 0.6) is 5.75 Å². The third kappa shape index (κ3) is 4.51. The zero-order valence-corrected chi connectivity index (χ0v) is 15.5. The van der Waals surface area contributed by atoms with Gasteiger partial charge in [-0.1, -0.05) is 17.7 Å². The van der Waals surface area contributed by atoms with Crippen LogP contribution in [0.15, 0.2) is 42.5 Å². The van der Waals surface area contributed by atoms with Crippen LogP contribution < -0.4 is 9.04 Å². The van der Waals surface area contributed by atoms with Crippen molar-refractivity contribution in [1.29, 1.82) is 0 Å². The average Bonchev–Trinajstić information content (AvgIpc) is 2.55. The first-order valence-electron chi connectivity index (χ1n) is 7.74. The molecule has 2 rings (SSSR count). The zero-order chi connectivity index (χ0) is 19.5. The van der Waals surface area contributed by atoms with Crippen LogP contribution in [0.4, 0.5) is 10.1 Å². The number of anilines is 1. The van der Waals surface area contributed by atoms with Gasteiger partial charge in [-0.15, -0.1) is 0 Å². The van der Waals surface area contributed by atoms with Crippen LogP contribution in [0.1, 0.15) is 11.1 Å². The quantitative estimate of drug-likeness (QED) is 0.797. The van der Waals surface area contributed by atoms with Crippen LogP contribution in [-0.4, -0.2) is 38.9 Å². The van der Waals surface area contributed by atoms with Crippen LogP contribution in [0.25, 0.3) is 0 Å². The summed E-state index contributed by atoms with van der Waals surface area (Å²) < 4.78 is 43.9. The second-order valence-corrected chi connectivity index (χ2v) is 7.77. The molecule has 0 radical (unpaired) electrons. The van der Waals surface area contributed by atoms with Gasteiger partial charge in [0.1, 0.15) is 17.6 Å². The first kappa shape index (κ1) is 19.7. The molecular weight excluding hydrogens is 361 g/mol. The molecule has 6 nitrogen and oxygen atoms in total. The molecule has 0 aliphatic heterocycles. The number of methoxy groups -OCH3 is 1. The summed E-state index contributed by atoms with van der Waals surface area (Å²) in [6.07, 6.45) is 0.810. The molecule has 0 amide bonds. The number of carbonyl (C=O) groups is 1. The fourth-order valence-corrected chi connectivity index (χ4v) is 3.87. The maximum absolute atomic E-state index is 13.2. The normalized spacial score (nSPS) is 12.5. The summed E-state index contributed by atoms with van der Waals surface area (Å²) in [4.78, 5) is 11.9. The highest BCUT2D eigenvalue weighted by Crippen LogP contribution is 2.27. The molecule has 1 N–H and O–H groups in total. The van der Waals surface area contributed by atoms with Crippen LogP contribution in [0.3, 0.4) is 0 Å². The highest BCUT2D eigenvalue weighted by Gasteiger charge is 2.33. The number of sulfonamides is 1. The molecule has 0 heterocycles. The summed E-state index contributed by atoms with van der Waals surface area (Å²) in [5.74, 6) is -1.40. The van der Waals surface area contributed by atoms with Gasteiger partial charge in [0.2, 0.25) is 10.0 Å². The molecule has 0 aliphatic carbocycles. The van der Waals surface area contributed by atoms with Gasteiger partial charge in [0.05, 0.1) is 19.1 Å². The molecule has 8 heteroatoms. The molecule has 0 saturated heterocycles. The van der Waals surface area contributed by atoms with E-state index in [4.69, 9.17) is 4.74 Å². The number of carboxylic acids is 1. The number of aliphatic carboxylic acids is 1. The van der Waals surface area contributed by atoms with E-state index in [1.165, 1.54) is 19.2 Å². The molecule has 0 aliphatic rings. The Bertz CT molecular complexity index is 896. The third-order valence-corrected chi connectivity index (χ3v) is 5.04. The lowest BCUT2D eigenvalue weighted by Crippen LogP contribution is -2.46. The summed E-state index contributed by atoms with van der Waals surface area (Å²) in [6.45, 7) is 1.84. The predicted molar refractivity (Wildman–Crippen MR) is 96.6 cm³/mol. The summed E-state index contributed by atoms with van der Waals surface area (Å²) in [7, 11) is -2.48. The Labute approximate surface area is 151 Å². The number of hydrogen-bond donors (Lipinski definition) is 1. The summed E-state index contributed by atoms with van der Waals surface area (Å²) in [5, 5.41) is 9.70. The van der Waals surface area contributed by atoms with E-state index in [1.807, 2.05) is 13.0 Å². The van der Waals surface area contributed by atoms with Gasteiger partial charge in [-0.05, 0) is 42.8 Å². The molecule has 0 spiro atoms. The van der Waals surface area contributed by atoms with E-state index < -0.39 is 27.9 Å². The van der Waals surface area contributed by atoms with Crippen molar-refractivity contribution < 1.29 is 27.4 Å². The topological polar surface area (TPSA) is 83.9 Å². The van der Waals surface area contributed by atoms with Gasteiger partial charge in [0.15, 0.2) is 0 Å². The van der Waals surface area contributed by atoms with Crippen molar-refractivity contribution in [3.63, 3.8) is 0 Å². The van der Waals surface area contributed by atoms with Crippen LogP contribution in [-0.2, 0) is 21.2 Å². The molecule has 1 atom stereocenters. The fraction of sp³-hybridized carbons (Fsp3) is 0.278. The third-order valence-electron chi connectivity index (χ3n) is 3.86. The predicted octanol–water partition coefficient (Wildman–Crippen LogP) is 2.60. The average molecular weight is 381 g/mol. The standard InChI is InChI=1S/C18H20FNO5S/c1-12-4-9-17(25-2)13(10-12)11-16(18(21)22)20(26(3,23)24)15-7-5-14(19)6-8-15/h4-10,16H,11H2,1-3H3,(H,21,22)/t16-/m0/s1. The lowest BCUT2D eigenvalue weighted by Gasteiger charge is -2.29. The number of halogens is 1. The van der Waals surface area contributed by atoms with Crippen molar-refractivity contribution in [3.05, 3.63) is 59.4 Å². The zero-order valence-electron chi connectivity index (χ0n) is 14.6. The molecule has 2 aromatic rings. The molecule has 2 aromatic carbocycles. The maximum Gasteiger partial charge on any atom is 0.327 e. The fourth-order valence-electron chi connectivity index (χ4n) is 2.74. The lowest BCUT2D eigenvalue weighted by molar-refractivity contribution is -0.138. The molecule has 0 fully saturated rings. The largest absolute Gasteiger partial charge is 0.496 e. The van der Waals surface area contributed by atoms with Gasteiger partial charge >= 0.3 is 5.97 Å². The van der Waals surface area contributed by atoms with Crippen molar-refractivity contribution in [2.75, 3.05) is 17.7 Å². The molecule has 0 aromatic heterocycles. The molecule has 0 saturated carbocycles. The van der Waals surface area contributed by atoms with Gasteiger partial charge in [-0.2, -0.15) is 0 Å². The van der Waals surface area contributed by atoms with Crippen molar-refractivity contribution in [1.82, 2.24) is 0 Å². The van der Waals surface area contributed by atoms with E-state index in [1.54, 1.807) is 12.1 Å². The Kier molecular flexibility index (Phi) is 5.86. The number of carboxylic acid groups (broad SMARTS) is 1. The van der Waals surface area contributed by atoms with Crippen LogP contribution >= 0.6 is 0 Å².